The summed E-state index contributed by atoms with van der Waals surface area (Å²) < 4.78 is 0. The van der Waals surface area contributed by atoms with Gasteiger partial charge >= 0.3 is 0 Å². The van der Waals surface area contributed by atoms with E-state index in [1.807, 2.05) is 0 Å². The van der Waals surface area contributed by atoms with E-state index in [1.165, 1.54) is 57.8 Å². The lowest BCUT2D eigenvalue weighted by molar-refractivity contribution is 0.114. The summed E-state index contributed by atoms with van der Waals surface area (Å²) in [4.78, 5) is 0. The summed E-state index contributed by atoms with van der Waals surface area (Å²) in [5, 5.41) is 9.57. The van der Waals surface area contributed by atoms with Gasteiger partial charge in [0.25, 0.3) is 0 Å². The van der Waals surface area contributed by atoms with Crippen molar-refractivity contribution in [3.05, 3.63) is 11.6 Å². The van der Waals surface area contributed by atoms with E-state index >= 15 is 0 Å². The van der Waals surface area contributed by atoms with Crippen molar-refractivity contribution in [2.45, 2.75) is 83.7 Å². The van der Waals surface area contributed by atoms with Gasteiger partial charge in [-0.1, -0.05) is 44.3 Å². The van der Waals surface area contributed by atoms with Gasteiger partial charge < -0.3 is 5.11 Å². The van der Waals surface area contributed by atoms with Gasteiger partial charge in [0.05, 0.1) is 6.10 Å². The molecule has 0 amide bonds. The molecule has 1 saturated carbocycles. The molecule has 0 aromatic rings. The zero-order valence-corrected chi connectivity index (χ0v) is 12.0. The highest BCUT2D eigenvalue weighted by Gasteiger charge is 2.24. The summed E-state index contributed by atoms with van der Waals surface area (Å²) in [7, 11) is 0. The molecule has 0 aromatic carbocycles. The van der Waals surface area contributed by atoms with Gasteiger partial charge in [0.1, 0.15) is 0 Å². The van der Waals surface area contributed by atoms with Crippen LogP contribution >= 0.6 is 0 Å². The molecule has 0 bridgehead atoms. The fourth-order valence-corrected chi connectivity index (χ4v) is 3.67. The second-order valence-electron chi connectivity index (χ2n) is 6.42. The van der Waals surface area contributed by atoms with Crippen LogP contribution in [0.25, 0.3) is 0 Å². The maximum atomic E-state index is 9.57. The first-order chi connectivity index (χ1) is 8.79. The Labute approximate surface area is 113 Å². The van der Waals surface area contributed by atoms with Crippen molar-refractivity contribution in [1.29, 1.82) is 0 Å². The van der Waals surface area contributed by atoms with Crippen molar-refractivity contribution in [2.75, 3.05) is 0 Å². The molecule has 1 nitrogen and oxygen atoms in total. The molecule has 0 spiro atoms. The third-order valence-corrected chi connectivity index (χ3v) is 4.99. The van der Waals surface area contributed by atoms with Crippen molar-refractivity contribution in [2.24, 2.45) is 11.8 Å². The monoisotopic (exact) mass is 250 g/mol. The highest BCUT2D eigenvalue weighted by atomic mass is 16.3. The molecule has 18 heavy (non-hydrogen) atoms. The van der Waals surface area contributed by atoms with Crippen LogP contribution in [-0.4, -0.2) is 11.2 Å². The summed E-state index contributed by atoms with van der Waals surface area (Å²) in [5.41, 5.74) is 1.73. The van der Waals surface area contributed by atoms with Gasteiger partial charge in [-0.15, -0.1) is 0 Å². The third-order valence-electron chi connectivity index (χ3n) is 4.99. The minimum atomic E-state index is -0.00719. The van der Waals surface area contributed by atoms with Crippen LogP contribution in [0.3, 0.4) is 0 Å². The Morgan fingerprint density at radius 3 is 2.50 bits per heavy atom. The smallest absolute Gasteiger partial charge is 0.0540 e. The minimum absolute atomic E-state index is 0.00719. The molecule has 0 radical (unpaired) electrons. The van der Waals surface area contributed by atoms with Gasteiger partial charge in [-0.3, -0.25) is 0 Å². The summed E-state index contributed by atoms with van der Waals surface area (Å²) in [6.45, 7) is 2.29. The first kappa shape index (κ1) is 14.1. The fourth-order valence-electron chi connectivity index (χ4n) is 3.67. The van der Waals surface area contributed by atoms with Crippen molar-refractivity contribution < 1.29 is 5.11 Å². The number of rotatable bonds is 5. The van der Waals surface area contributed by atoms with Gasteiger partial charge in [0.2, 0.25) is 0 Å². The molecule has 0 aromatic heterocycles. The van der Waals surface area contributed by atoms with E-state index in [-0.39, 0.29) is 6.10 Å². The van der Waals surface area contributed by atoms with Crippen molar-refractivity contribution >= 4 is 0 Å². The second-order valence-corrected chi connectivity index (χ2v) is 6.42. The number of aliphatic hydroxyl groups excluding tert-OH is 1. The molecular formula is C17H30O. The SMILES string of the molecule is CCCCCC1CC=C(C2CCC(O)CC2)CC1. The normalized spacial score (nSPS) is 33.2. The van der Waals surface area contributed by atoms with E-state index in [1.54, 1.807) is 5.57 Å². The molecule has 1 atom stereocenters. The van der Waals surface area contributed by atoms with E-state index in [0.29, 0.717) is 0 Å². The molecule has 104 valence electrons. The largest absolute Gasteiger partial charge is 0.393 e. The molecule has 2 rings (SSSR count). The van der Waals surface area contributed by atoms with E-state index in [9.17, 15) is 5.11 Å². The Bertz CT molecular complexity index is 261. The molecular weight excluding hydrogens is 220 g/mol. The van der Waals surface area contributed by atoms with Crippen LogP contribution in [0.4, 0.5) is 0 Å². The average Bonchev–Trinajstić information content (AvgIpc) is 2.41. The summed E-state index contributed by atoms with van der Waals surface area (Å²) in [5.74, 6) is 1.78. The van der Waals surface area contributed by atoms with E-state index in [4.69, 9.17) is 0 Å². The Morgan fingerprint density at radius 2 is 1.89 bits per heavy atom. The van der Waals surface area contributed by atoms with Gasteiger partial charge in [-0.25, -0.2) is 0 Å². The number of hydrogen-bond acceptors (Lipinski definition) is 1. The topological polar surface area (TPSA) is 20.2 Å². The van der Waals surface area contributed by atoms with Gasteiger partial charge in [-0.05, 0) is 56.8 Å². The standard InChI is InChI=1S/C17H30O/c1-2-3-4-5-14-6-8-15(9-7-14)16-10-12-17(18)13-11-16/h8,14,16-18H,2-7,9-13H2,1H3. The van der Waals surface area contributed by atoms with Gasteiger partial charge in [-0.2, -0.15) is 0 Å². The van der Waals surface area contributed by atoms with E-state index in [2.05, 4.69) is 13.0 Å². The summed E-state index contributed by atoms with van der Waals surface area (Å²) >= 11 is 0. The highest BCUT2D eigenvalue weighted by molar-refractivity contribution is 5.11. The fraction of sp³-hybridized carbons (Fsp3) is 0.882. The molecule has 0 saturated heterocycles. The zero-order valence-electron chi connectivity index (χ0n) is 12.0. The molecule has 1 heteroatoms. The Hall–Kier alpha value is -0.300. The van der Waals surface area contributed by atoms with Crippen molar-refractivity contribution in [3.63, 3.8) is 0 Å². The number of allylic oxidation sites excluding steroid dienone is 2. The number of aliphatic hydroxyl groups is 1. The predicted molar refractivity (Wildman–Crippen MR) is 77.5 cm³/mol. The first-order valence-electron chi connectivity index (χ1n) is 8.16. The van der Waals surface area contributed by atoms with Crippen LogP contribution in [0.2, 0.25) is 0 Å². The van der Waals surface area contributed by atoms with Crippen LogP contribution in [0.15, 0.2) is 11.6 Å². The zero-order chi connectivity index (χ0) is 12.8. The third kappa shape index (κ3) is 4.12. The second kappa shape index (κ2) is 7.33. The van der Waals surface area contributed by atoms with Gasteiger partial charge in [0, 0.05) is 0 Å². The predicted octanol–water partition coefficient (Wildman–Crippen LogP) is 4.84. The lowest BCUT2D eigenvalue weighted by Gasteiger charge is -2.31. The van der Waals surface area contributed by atoms with Crippen LogP contribution in [0.1, 0.15) is 77.6 Å². The van der Waals surface area contributed by atoms with E-state index in [0.717, 1.165) is 24.7 Å². The van der Waals surface area contributed by atoms with Crippen LogP contribution in [-0.2, 0) is 0 Å². The number of unbranched alkanes of at least 4 members (excludes halogenated alkanes) is 2. The number of hydrogen-bond donors (Lipinski definition) is 1. The van der Waals surface area contributed by atoms with Crippen LogP contribution in [0, 0.1) is 11.8 Å². The quantitative estimate of drug-likeness (QED) is 0.546. The maximum Gasteiger partial charge on any atom is 0.0540 e. The maximum absolute atomic E-state index is 9.57. The van der Waals surface area contributed by atoms with E-state index < -0.39 is 0 Å². The molecule has 1 N–H and O–H groups in total. The van der Waals surface area contributed by atoms with Gasteiger partial charge in [0.15, 0.2) is 0 Å². The molecule has 1 unspecified atom stereocenters. The molecule has 0 heterocycles. The minimum Gasteiger partial charge on any atom is -0.393 e. The summed E-state index contributed by atoms with van der Waals surface area (Å²) in [6, 6.07) is 0. The molecule has 2 aliphatic carbocycles. The van der Waals surface area contributed by atoms with Crippen molar-refractivity contribution in [1.82, 2.24) is 0 Å². The average molecular weight is 250 g/mol. The Balaban J connectivity index is 1.72. The van der Waals surface area contributed by atoms with Crippen molar-refractivity contribution in [3.8, 4) is 0 Å². The Kier molecular flexibility index (Phi) is 5.75. The Morgan fingerprint density at radius 1 is 1.11 bits per heavy atom. The summed E-state index contributed by atoms with van der Waals surface area (Å²) in [6.07, 6.45) is 16.8. The van der Waals surface area contributed by atoms with Crippen LogP contribution in [0.5, 0.6) is 0 Å². The lowest BCUT2D eigenvalue weighted by Crippen LogP contribution is -2.21. The molecule has 0 aliphatic heterocycles. The lowest BCUT2D eigenvalue weighted by atomic mass is 9.76. The molecule has 1 fully saturated rings. The highest BCUT2D eigenvalue weighted by Crippen LogP contribution is 2.37. The van der Waals surface area contributed by atoms with Crippen LogP contribution < -0.4 is 0 Å². The first-order valence-corrected chi connectivity index (χ1v) is 8.16. The molecule has 2 aliphatic rings.